The molecule has 1 N–H and O–H groups in total. The molecule has 0 atom stereocenters. The summed E-state index contributed by atoms with van der Waals surface area (Å²) < 4.78 is 17.1. The van der Waals surface area contributed by atoms with Crippen molar-refractivity contribution in [1.29, 1.82) is 0 Å². The summed E-state index contributed by atoms with van der Waals surface area (Å²) in [5.41, 5.74) is 1.16. The average Bonchev–Trinajstić information content (AvgIpc) is 2.45. The molecule has 0 aliphatic carbocycles. The second-order valence-corrected chi connectivity index (χ2v) is 5.97. The van der Waals surface area contributed by atoms with E-state index in [0.29, 0.717) is 6.10 Å². The number of rotatable bonds is 10. The smallest absolute Gasteiger partial charge is 0.174 e. The molecule has 0 saturated heterocycles. The van der Waals surface area contributed by atoms with Crippen molar-refractivity contribution in [1.82, 2.24) is 5.32 Å². The zero-order valence-electron chi connectivity index (χ0n) is 13.4. The van der Waals surface area contributed by atoms with E-state index in [0.717, 1.165) is 54.1 Å². The first kappa shape index (κ1) is 18.3. The predicted molar refractivity (Wildman–Crippen MR) is 89.3 cm³/mol. The highest BCUT2D eigenvalue weighted by Gasteiger charge is 2.10. The fourth-order valence-electron chi connectivity index (χ4n) is 1.98. The summed E-state index contributed by atoms with van der Waals surface area (Å²) in [7, 11) is 3.29. The van der Waals surface area contributed by atoms with Crippen LogP contribution < -0.4 is 14.8 Å². The van der Waals surface area contributed by atoms with E-state index in [1.165, 1.54) is 0 Å². The third-order valence-electron chi connectivity index (χ3n) is 3.02. The Bertz CT molecular complexity index is 424. The zero-order valence-corrected chi connectivity index (χ0v) is 15.0. The van der Waals surface area contributed by atoms with E-state index in [4.69, 9.17) is 14.2 Å². The molecular formula is C16H26BrNO3. The van der Waals surface area contributed by atoms with Crippen LogP contribution in [-0.2, 0) is 11.3 Å². The molecule has 1 rings (SSSR count). The van der Waals surface area contributed by atoms with Gasteiger partial charge in [0.05, 0.1) is 24.8 Å². The van der Waals surface area contributed by atoms with E-state index in [1.54, 1.807) is 14.2 Å². The van der Waals surface area contributed by atoms with Crippen LogP contribution in [-0.4, -0.2) is 33.5 Å². The van der Waals surface area contributed by atoms with Gasteiger partial charge in [0.2, 0.25) is 0 Å². The van der Waals surface area contributed by atoms with E-state index in [1.807, 2.05) is 6.07 Å². The molecule has 1 aromatic rings. The normalized spacial score (nSPS) is 11.0. The van der Waals surface area contributed by atoms with Gasteiger partial charge in [-0.3, -0.25) is 0 Å². The van der Waals surface area contributed by atoms with Gasteiger partial charge in [0.1, 0.15) is 0 Å². The van der Waals surface area contributed by atoms with Crippen molar-refractivity contribution in [2.45, 2.75) is 39.3 Å². The van der Waals surface area contributed by atoms with Gasteiger partial charge in [-0.2, -0.15) is 0 Å². The first-order valence-corrected chi connectivity index (χ1v) is 8.10. The molecule has 0 fully saturated rings. The lowest BCUT2D eigenvalue weighted by Crippen LogP contribution is -2.15. The molecule has 21 heavy (non-hydrogen) atoms. The summed E-state index contributed by atoms with van der Waals surface area (Å²) in [6.45, 7) is 6.75. The minimum absolute atomic E-state index is 0.321. The van der Waals surface area contributed by atoms with Gasteiger partial charge in [0, 0.05) is 13.2 Å². The third-order valence-corrected chi connectivity index (χ3v) is 3.61. The average molecular weight is 360 g/mol. The standard InChI is InChI=1S/C16H26BrNO3/c1-12(2)21-8-6-5-7-18-11-13-9-14(17)16(20-4)15(10-13)19-3/h9-10,12,18H,5-8,11H2,1-4H3. The first-order valence-electron chi connectivity index (χ1n) is 7.31. The van der Waals surface area contributed by atoms with Gasteiger partial charge in [-0.15, -0.1) is 0 Å². The largest absolute Gasteiger partial charge is 0.493 e. The molecule has 0 heterocycles. The number of halogens is 1. The van der Waals surface area contributed by atoms with Crippen LogP contribution in [0.2, 0.25) is 0 Å². The number of methoxy groups -OCH3 is 2. The molecule has 0 spiro atoms. The van der Waals surface area contributed by atoms with Crippen molar-refractivity contribution >= 4 is 15.9 Å². The van der Waals surface area contributed by atoms with Crippen molar-refractivity contribution in [3.8, 4) is 11.5 Å². The summed E-state index contributed by atoms with van der Waals surface area (Å²) in [4.78, 5) is 0. The van der Waals surface area contributed by atoms with Crippen LogP contribution in [0.25, 0.3) is 0 Å². The van der Waals surface area contributed by atoms with Crippen LogP contribution in [0.3, 0.4) is 0 Å². The summed E-state index contributed by atoms with van der Waals surface area (Å²) >= 11 is 3.51. The van der Waals surface area contributed by atoms with Crippen molar-refractivity contribution in [2.75, 3.05) is 27.4 Å². The topological polar surface area (TPSA) is 39.7 Å². The second kappa shape index (κ2) is 10.0. The zero-order chi connectivity index (χ0) is 15.7. The number of hydrogen-bond donors (Lipinski definition) is 1. The van der Waals surface area contributed by atoms with Gasteiger partial charge >= 0.3 is 0 Å². The molecule has 0 bridgehead atoms. The molecular weight excluding hydrogens is 334 g/mol. The highest BCUT2D eigenvalue weighted by molar-refractivity contribution is 9.10. The molecule has 0 unspecified atom stereocenters. The summed E-state index contributed by atoms with van der Waals surface area (Å²) in [5.74, 6) is 1.47. The van der Waals surface area contributed by atoms with Gasteiger partial charge in [0.15, 0.2) is 11.5 Å². The molecule has 4 nitrogen and oxygen atoms in total. The number of benzene rings is 1. The molecule has 1 aromatic carbocycles. The van der Waals surface area contributed by atoms with Crippen molar-refractivity contribution < 1.29 is 14.2 Å². The minimum Gasteiger partial charge on any atom is -0.493 e. The fourth-order valence-corrected chi connectivity index (χ4v) is 2.63. The van der Waals surface area contributed by atoms with Crippen LogP contribution >= 0.6 is 15.9 Å². The van der Waals surface area contributed by atoms with E-state index in [9.17, 15) is 0 Å². The summed E-state index contributed by atoms with van der Waals surface area (Å²) in [5, 5.41) is 3.43. The lowest BCUT2D eigenvalue weighted by molar-refractivity contribution is 0.0760. The lowest BCUT2D eigenvalue weighted by atomic mass is 10.2. The molecule has 0 aromatic heterocycles. The SMILES string of the molecule is COc1cc(CNCCCCOC(C)C)cc(Br)c1OC. The molecule has 0 aliphatic heterocycles. The third kappa shape index (κ3) is 6.68. The lowest BCUT2D eigenvalue weighted by Gasteiger charge is -2.12. The van der Waals surface area contributed by atoms with Crippen LogP contribution in [0, 0.1) is 0 Å². The van der Waals surface area contributed by atoms with Crippen LogP contribution in [0.15, 0.2) is 16.6 Å². The first-order chi connectivity index (χ1) is 10.1. The van der Waals surface area contributed by atoms with Crippen molar-refractivity contribution in [3.63, 3.8) is 0 Å². The number of unbranched alkanes of at least 4 members (excludes halogenated alkanes) is 1. The molecule has 0 amide bonds. The predicted octanol–water partition coefficient (Wildman–Crippen LogP) is 3.76. The number of ether oxygens (including phenoxy) is 3. The Kier molecular flexibility index (Phi) is 8.73. The van der Waals surface area contributed by atoms with Gasteiger partial charge < -0.3 is 19.5 Å². The summed E-state index contributed by atoms with van der Waals surface area (Å²) in [6.07, 6.45) is 2.52. The summed E-state index contributed by atoms with van der Waals surface area (Å²) in [6, 6.07) is 4.05. The highest BCUT2D eigenvalue weighted by atomic mass is 79.9. The molecule has 120 valence electrons. The molecule has 5 heteroatoms. The molecule has 0 radical (unpaired) electrons. The Labute approximate surface area is 136 Å². The van der Waals surface area contributed by atoms with Gasteiger partial charge in [0.25, 0.3) is 0 Å². The van der Waals surface area contributed by atoms with E-state index in [-0.39, 0.29) is 0 Å². The maximum absolute atomic E-state index is 5.51. The highest BCUT2D eigenvalue weighted by Crippen LogP contribution is 2.36. The number of nitrogens with one attached hydrogen (secondary N) is 1. The van der Waals surface area contributed by atoms with Crippen molar-refractivity contribution in [2.24, 2.45) is 0 Å². The Morgan fingerprint density at radius 3 is 2.52 bits per heavy atom. The quantitative estimate of drug-likeness (QED) is 0.645. The van der Waals surface area contributed by atoms with Gasteiger partial charge in [-0.25, -0.2) is 0 Å². The van der Waals surface area contributed by atoms with Crippen LogP contribution in [0.4, 0.5) is 0 Å². The number of hydrogen-bond acceptors (Lipinski definition) is 4. The maximum atomic E-state index is 5.51. The second-order valence-electron chi connectivity index (χ2n) is 5.12. The molecule has 0 saturated carbocycles. The minimum atomic E-state index is 0.321. The van der Waals surface area contributed by atoms with E-state index >= 15 is 0 Å². The Balaban J connectivity index is 2.34. The Hall–Kier alpha value is -0.780. The van der Waals surface area contributed by atoms with Crippen LogP contribution in [0.1, 0.15) is 32.3 Å². The Morgan fingerprint density at radius 2 is 1.90 bits per heavy atom. The van der Waals surface area contributed by atoms with Crippen molar-refractivity contribution in [3.05, 3.63) is 22.2 Å². The Morgan fingerprint density at radius 1 is 1.14 bits per heavy atom. The van der Waals surface area contributed by atoms with Gasteiger partial charge in [-0.05, 0) is 66.9 Å². The van der Waals surface area contributed by atoms with Crippen LogP contribution in [0.5, 0.6) is 11.5 Å². The monoisotopic (exact) mass is 359 g/mol. The van der Waals surface area contributed by atoms with Gasteiger partial charge in [-0.1, -0.05) is 0 Å². The maximum Gasteiger partial charge on any atom is 0.174 e. The molecule has 0 aliphatic rings. The fraction of sp³-hybridized carbons (Fsp3) is 0.625. The van der Waals surface area contributed by atoms with E-state index < -0.39 is 0 Å². The van der Waals surface area contributed by atoms with E-state index in [2.05, 4.69) is 41.2 Å².